The summed E-state index contributed by atoms with van der Waals surface area (Å²) in [6, 6.07) is 13.8. The Hall–Kier alpha value is -1.98. The van der Waals surface area contributed by atoms with Crippen molar-refractivity contribution in [3.63, 3.8) is 0 Å². The molecule has 0 heterocycles. The highest BCUT2D eigenvalue weighted by atomic mass is 16.4. The van der Waals surface area contributed by atoms with Gasteiger partial charge in [-0.15, -0.1) is 0 Å². The molecule has 0 spiro atoms. The van der Waals surface area contributed by atoms with Gasteiger partial charge in [-0.3, -0.25) is 0 Å². The molecule has 4 rings (SSSR count). The van der Waals surface area contributed by atoms with Crippen molar-refractivity contribution in [3.8, 4) is 0 Å². The molecule has 1 aliphatic rings. The van der Waals surface area contributed by atoms with Gasteiger partial charge in [-0.05, 0) is 51.2 Å². The summed E-state index contributed by atoms with van der Waals surface area (Å²) < 4.78 is 0. The van der Waals surface area contributed by atoms with Crippen molar-refractivity contribution in [2.45, 2.75) is 31.3 Å². The first-order valence-electron chi connectivity index (χ1n) is 7.68. The van der Waals surface area contributed by atoms with Gasteiger partial charge in [-0.25, -0.2) is 0 Å². The van der Waals surface area contributed by atoms with Gasteiger partial charge in [-0.1, -0.05) is 36.4 Å². The van der Waals surface area contributed by atoms with Crippen LogP contribution in [-0.4, -0.2) is 32.6 Å². The number of fused-ring (bicyclic) bond motifs is 4. The zero-order valence-corrected chi connectivity index (χ0v) is 12.6. The third-order valence-corrected chi connectivity index (χ3v) is 5.00. The van der Waals surface area contributed by atoms with Gasteiger partial charge in [0.2, 0.25) is 0 Å². The summed E-state index contributed by atoms with van der Waals surface area (Å²) in [5.41, 5.74) is 1.82. The van der Waals surface area contributed by atoms with E-state index in [2.05, 4.69) is 0 Å². The quantitative estimate of drug-likeness (QED) is 0.479. The molecular formula is C19H18O4. The molecule has 4 nitrogen and oxygen atoms in total. The van der Waals surface area contributed by atoms with E-state index in [1.165, 1.54) is 0 Å². The van der Waals surface area contributed by atoms with Crippen LogP contribution in [0.2, 0.25) is 0 Å². The Bertz CT molecular complexity index is 918. The fraction of sp³-hybridized carbons (Fsp3) is 0.263. The standard InChI is InChI=1S/C19H18O4/c1-9-11-7-6-10-4-2-3-5-12(10)13(11)8-14-15(9)17(21)19(23)18(22)16(14)20/h2-8,16-23H,1H3. The van der Waals surface area contributed by atoms with Crippen molar-refractivity contribution in [1.29, 1.82) is 0 Å². The molecule has 4 atom stereocenters. The predicted molar refractivity (Wildman–Crippen MR) is 88.1 cm³/mol. The maximum Gasteiger partial charge on any atom is 0.113 e. The lowest BCUT2D eigenvalue weighted by Crippen LogP contribution is -2.42. The van der Waals surface area contributed by atoms with Crippen molar-refractivity contribution in [1.82, 2.24) is 0 Å². The normalized spacial score (nSPS) is 27.3. The van der Waals surface area contributed by atoms with Crippen molar-refractivity contribution < 1.29 is 20.4 Å². The van der Waals surface area contributed by atoms with Crippen LogP contribution in [0, 0.1) is 6.92 Å². The van der Waals surface area contributed by atoms with Gasteiger partial charge in [0.15, 0.2) is 0 Å². The van der Waals surface area contributed by atoms with E-state index in [1.807, 2.05) is 49.4 Å². The second kappa shape index (κ2) is 5.01. The fourth-order valence-electron chi connectivity index (χ4n) is 3.74. The molecular weight excluding hydrogens is 292 g/mol. The average molecular weight is 310 g/mol. The number of hydrogen-bond acceptors (Lipinski definition) is 4. The van der Waals surface area contributed by atoms with Crippen LogP contribution in [0.5, 0.6) is 0 Å². The van der Waals surface area contributed by atoms with Crippen LogP contribution in [-0.2, 0) is 0 Å². The number of aryl methyl sites for hydroxylation is 1. The summed E-state index contributed by atoms with van der Waals surface area (Å²) in [6.07, 6.45) is -5.22. The second-order valence-corrected chi connectivity index (χ2v) is 6.26. The van der Waals surface area contributed by atoms with E-state index in [0.29, 0.717) is 11.1 Å². The smallest absolute Gasteiger partial charge is 0.113 e. The van der Waals surface area contributed by atoms with Crippen LogP contribution < -0.4 is 0 Å². The van der Waals surface area contributed by atoms with Gasteiger partial charge in [0.25, 0.3) is 0 Å². The topological polar surface area (TPSA) is 80.9 Å². The minimum atomic E-state index is -1.40. The van der Waals surface area contributed by atoms with E-state index in [4.69, 9.17) is 0 Å². The summed E-state index contributed by atoms with van der Waals surface area (Å²) in [5.74, 6) is 0. The van der Waals surface area contributed by atoms with E-state index in [-0.39, 0.29) is 0 Å². The van der Waals surface area contributed by atoms with Crippen LogP contribution in [0.4, 0.5) is 0 Å². The molecule has 118 valence electrons. The molecule has 0 fully saturated rings. The van der Waals surface area contributed by atoms with Gasteiger partial charge in [-0.2, -0.15) is 0 Å². The first-order chi connectivity index (χ1) is 11.0. The number of hydrogen-bond donors (Lipinski definition) is 4. The Morgan fingerprint density at radius 2 is 1.43 bits per heavy atom. The third kappa shape index (κ3) is 1.93. The van der Waals surface area contributed by atoms with Crippen molar-refractivity contribution >= 4 is 21.5 Å². The van der Waals surface area contributed by atoms with E-state index < -0.39 is 24.4 Å². The van der Waals surface area contributed by atoms with E-state index in [0.717, 1.165) is 27.1 Å². The molecule has 0 radical (unpaired) electrons. The van der Waals surface area contributed by atoms with Crippen LogP contribution in [0.25, 0.3) is 21.5 Å². The number of aliphatic hydroxyl groups excluding tert-OH is 4. The zero-order valence-electron chi connectivity index (χ0n) is 12.6. The van der Waals surface area contributed by atoms with Crippen molar-refractivity contribution in [2.75, 3.05) is 0 Å². The second-order valence-electron chi connectivity index (χ2n) is 6.26. The molecule has 4 unspecified atom stereocenters. The van der Waals surface area contributed by atoms with Crippen molar-refractivity contribution in [3.05, 3.63) is 59.2 Å². The molecule has 4 heteroatoms. The van der Waals surface area contributed by atoms with Gasteiger partial charge >= 0.3 is 0 Å². The minimum absolute atomic E-state index is 0.483. The molecule has 0 aromatic heterocycles. The molecule has 0 aliphatic heterocycles. The summed E-state index contributed by atoms with van der Waals surface area (Å²) in [7, 11) is 0. The molecule has 4 N–H and O–H groups in total. The van der Waals surface area contributed by atoms with Crippen LogP contribution in [0.15, 0.2) is 42.5 Å². The average Bonchev–Trinajstić information content (AvgIpc) is 2.57. The Morgan fingerprint density at radius 3 is 2.22 bits per heavy atom. The first kappa shape index (κ1) is 14.6. The van der Waals surface area contributed by atoms with E-state index in [9.17, 15) is 20.4 Å². The Kier molecular flexibility index (Phi) is 3.18. The molecule has 3 aromatic rings. The summed E-state index contributed by atoms with van der Waals surface area (Å²) in [6.45, 7) is 1.87. The summed E-state index contributed by atoms with van der Waals surface area (Å²) in [5, 5.41) is 44.7. The highest BCUT2D eigenvalue weighted by molar-refractivity contribution is 6.09. The lowest BCUT2D eigenvalue weighted by atomic mass is 9.79. The maximum atomic E-state index is 10.4. The van der Waals surface area contributed by atoms with E-state index in [1.54, 1.807) is 0 Å². The van der Waals surface area contributed by atoms with Gasteiger partial charge in [0.05, 0.1) is 0 Å². The van der Waals surface area contributed by atoms with Crippen LogP contribution in [0.3, 0.4) is 0 Å². The first-order valence-corrected chi connectivity index (χ1v) is 7.68. The molecule has 0 saturated carbocycles. The van der Waals surface area contributed by atoms with Gasteiger partial charge < -0.3 is 20.4 Å². The van der Waals surface area contributed by atoms with Crippen LogP contribution in [0.1, 0.15) is 28.9 Å². The Labute approximate surface area is 133 Å². The molecule has 0 saturated heterocycles. The van der Waals surface area contributed by atoms with Crippen molar-refractivity contribution in [2.24, 2.45) is 0 Å². The third-order valence-electron chi connectivity index (χ3n) is 5.00. The Morgan fingerprint density at radius 1 is 0.739 bits per heavy atom. The number of benzene rings is 3. The number of rotatable bonds is 0. The molecule has 1 aliphatic carbocycles. The Balaban J connectivity index is 2.13. The lowest BCUT2D eigenvalue weighted by Gasteiger charge is -2.36. The van der Waals surface area contributed by atoms with E-state index >= 15 is 0 Å². The molecule has 0 amide bonds. The minimum Gasteiger partial charge on any atom is -0.387 e. The number of aliphatic hydroxyl groups is 4. The predicted octanol–water partition coefficient (Wildman–Crippen LogP) is 2.10. The highest BCUT2D eigenvalue weighted by Crippen LogP contribution is 2.42. The molecule has 0 bridgehead atoms. The molecule has 23 heavy (non-hydrogen) atoms. The maximum absolute atomic E-state index is 10.4. The van der Waals surface area contributed by atoms with Gasteiger partial charge in [0.1, 0.15) is 24.4 Å². The summed E-state index contributed by atoms with van der Waals surface area (Å²) in [4.78, 5) is 0. The fourth-order valence-corrected chi connectivity index (χ4v) is 3.74. The summed E-state index contributed by atoms with van der Waals surface area (Å²) >= 11 is 0. The monoisotopic (exact) mass is 310 g/mol. The largest absolute Gasteiger partial charge is 0.387 e. The molecule has 3 aromatic carbocycles. The zero-order chi connectivity index (χ0) is 16.3. The van der Waals surface area contributed by atoms with Gasteiger partial charge in [0, 0.05) is 0 Å². The van der Waals surface area contributed by atoms with Crippen LogP contribution >= 0.6 is 0 Å². The SMILES string of the molecule is Cc1c2c(cc3c1ccc1ccccc13)C(O)C(O)C(O)C2O. The lowest BCUT2D eigenvalue weighted by molar-refractivity contribution is -0.120. The highest BCUT2D eigenvalue weighted by Gasteiger charge is 2.40.